The molecule has 2 aliphatic rings. The van der Waals surface area contributed by atoms with Gasteiger partial charge in [0.1, 0.15) is 5.65 Å². The number of carbonyl (C=O) groups is 1. The Bertz CT molecular complexity index is 1120. The normalized spacial score (nSPS) is 16.3. The van der Waals surface area contributed by atoms with Gasteiger partial charge in [-0.1, -0.05) is 18.2 Å². The number of carbonyl (C=O) groups excluding carboxylic acids is 1. The third-order valence-electron chi connectivity index (χ3n) is 5.33. The molecule has 0 saturated carbocycles. The summed E-state index contributed by atoms with van der Waals surface area (Å²) in [6, 6.07) is 8.26. The average Bonchev–Trinajstić information content (AvgIpc) is 3.25. The number of H-pyrrole nitrogens is 1. The average molecular weight is 341 g/mol. The second-order valence-corrected chi connectivity index (χ2v) is 6.96. The largest absolute Gasteiger partial charge is 0.348 e. The van der Waals surface area contributed by atoms with Crippen molar-refractivity contribution in [2.45, 2.75) is 26.3 Å². The van der Waals surface area contributed by atoms with Gasteiger partial charge in [0.05, 0.1) is 0 Å². The van der Waals surface area contributed by atoms with Gasteiger partial charge in [-0.3, -0.25) is 4.79 Å². The molecule has 1 aliphatic carbocycles. The van der Waals surface area contributed by atoms with E-state index in [1.54, 1.807) is 0 Å². The van der Waals surface area contributed by atoms with Gasteiger partial charge in [-0.15, -0.1) is 0 Å². The van der Waals surface area contributed by atoms with Crippen molar-refractivity contribution in [3.05, 3.63) is 71.1 Å². The Labute approximate surface area is 151 Å². The van der Waals surface area contributed by atoms with Crippen LogP contribution >= 0.6 is 0 Å². The van der Waals surface area contributed by atoms with Gasteiger partial charge < -0.3 is 10.3 Å². The smallest absolute Gasteiger partial charge is 0.251 e. The minimum atomic E-state index is 0.0147. The molecular weight excluding hydrogens is 322 g/mol. The number of amides is 1. The molecule has 0 unspecified atom stereocenters. The van der Waals surface area contributed by atoms with Gasteiger partial charge >= 0.3 is 0 Å². The van der Waals surface area contributed by atoms with Crippen LogP contribution in [0, 0.1) is 0 Å². The molecule has 128 valence electrons. The zero-order chi connectivity index (χ0) is 17.7. The van der Waals surface area contributed by atoms with Crippen LogP contribution < -0.4 is 5.32 Å². The predicted octanol–water partition coefficient (Wildman–Crippen LogP) is 4.60. The summed E-state index contributed by atoms with van der Waals surface area (Å²) in [5, 5.41) is 3.99. The van der Waals surface area contributed by atoms with Crippen molar-refractivity contribution in [2.24, 2.45) is 0 Å². The number of nitrogens with one attached hydrogen (secondary N) is 2. The lowest BCUT2D eigenvalue weighted by Gasteiger charge is -2.13. The third kappa shape index (κ3) is 2.30. The first kappa shape index (κ1) is 15.1. The molecule has 0 fully saturated rings. The van der Waals surface area contributed by atoms with Gasteiger partial charge in [0, 0.05) is 41.0 Å². The van der Waals surface area contributed by atoms with E-state index in [9.17, 15) is 4.79 Å². The first-order valence-corrected chi connectivity index (χ1v) is 8.97. The minimum Gasteiger partial charge on any atom is -0.348 e. The van der Waals surface area contributed by atoms with Crippen molar-refractivity contribution in [3.63, 3.8) is 0 Å². The van der Waals surface area contributed by atoms with E-state index in [2.05, 4.69) is 46.5 Å². The molecule has 2 aromatic heterocycles. The first-order chi connectivity index (χ1) is 12.7. The third-order valence-corrected chi connectivity index (χ3v) is 5.33. The van der Waals surface area contributed by atoms with Gasteiger partial charge in [-0.25, -0.2) is 4.98 Å². The number of nitrogens with zero attached hydrogens (tertiary/aromatic N) is 1. The maximum atomic E-state index is 11.8. The van der Waals surface area contributed by atoms with Gasteiger partial charge in [0.2, 0.25) is 0 Å². The Morgan fingerprint density at radius 2 is 1.92 bits per heavy atom. The number of allylic oxidation sites excluding steroid dienone is 4. The summed E-state index contributed by atoms with van der Waals surface area (Å²) in [6.07, 6.45) is 10.7. The summed E-state index contributed by atoms with van der Waals surface area (Å²) in [5.41, 5.74) is 8.70. The Morgan fingerprint density at radius 3 is 2.81 bits per heavy atom. The van der Waals surface area contributed by atoms with Crippen molar-refractivity contribution in [2.75, 3.05) is 0 Å². The number of rotatable bonds is 2. The van der Waals surface area contributed by atoms with Crippen molar-refractivity contribution in [1.29, 1.82) is 0 Å². The SMILES string of the molecule is CC1=CCCC=C1c1cnc2[nH]cc(-c3ccc4c(c3)CNC4=O)c2c1. The molecule has 2 N–H and O–H groups in total. The van der Waals surface area contributed by atoms with E-state index in [-0.39, 0.29) is 5.91 Å². The second-order valence-electron chi connectivity index (χ2n) is 6.96. The maximum Gasteiger partial charge on any atom is 0.251 e. The molecule has 26 heavy (non-hydrogen) atoms. The lowest BCUT2D eigenvalue weighted by molar-refractivity contribution is 0.0966. The fourth-order valence-corrected chi connectivity index (χ4v) is 3.93. The zero-order valence-corrected chi connectivity index (χ0v) is 14.6. The summed E-state index contributed by atoms with van der Waals surface area (Å²) in [5.74, 6) is 0.0147. The lowest BCUT2D eigenvalue weighted by Crippen LogP contribution is -2.12. The standard InChI is InChI=1S/C22H19N3O/c1-13-4-2-3-5-17(13)16-9-19-20(12-24-21(19)23-10-16)14-6-7-18-15(8-14)11-25-22(18)26/h4-10,12H,2-3,11H2,1H3,(H,23,24)(H,25,26). The highest BCUT2D eigenvalue weighted by molar-refractivity contribution is 6.00. The number of aromatic nitrogens is 2. The van der Waals surface area contributed by atoms with Crippen LogP contribution in [0.1, 0.15) is 41.3 Å². The summed E-state index contributed by atoms with van der Waals surface area (Å²) < 4.78 is 0. The van der Waals surface area contributed by atoms with E-state index in [1.165, 1.54) is 11.1 Å². The van der Waals surface area contributed by atoms with Gasteiger partial charge in [0.15, 0.2) is 0 Å². The van der Waals surface area contributed by atoms with Crippen molar-refractivity contribution in [3.8, 4) is 11.1 Å². The first-order valence-electron chi connectivity index (χ1n) is 8.97. The van der Waals surface area contributed by atoms with Crippen LogP contribution in [-0.2, 0) is 6.54 Å². The van der Waals surface area contributed by atoms with Crippen LogP contribution in [0.5, 0.6) is 0 Å². The Balaban J connectivity index is 1.63. The van der Waals surface area contributed by atoms with Crippen molar-refractivity contribution >= 4 is 22.5 Å². The highest BCUT2D eigenvalue weighted by Crippen LogP contribution is 2.34. The molecule has 3 aromatic rings. The van der Waals surface area contributed by atoms with E-state index in [0.717, 1.165) is 51.7 Å². The number of fused-ring (bicyclic) bond motifs is 2. The zero-order valence-electron chi connectivity index (χ0n) is 14.6. The molecule has 0 spiro atoms. The quantitative estimate of drug-likeness (QED) is 0.716. The van der Waals surface area contributed by atoms with Gasteiger partial charge in [-0.05, 0) is 60.2 Å². The molecular formula is C22H19N3O. The van der Waals surface area contributed by atoms with Crippen LogP contribution in [-0.4, -0.2) is 15.9 Å². The fourth-order valence-electron chi connectivity index (χ4n) is 3.93. The highest BCUT2D eigenvalue weighted by atomic mass is 16.1. The molecule has 0 atom stereocenters. The topological polar surface area (TPSA) is 57.8 Å². The van der Waals surface area contributed by atoms with Crippen LogP contribution in [0.2, 0.25) is 0 Å². The Hall–Kier alpha value is -3.14. The molecule has 4 heteroatoms. The second kappa shape index (κ2) is 5.70. The maximum absolute atomic E-state index is 11.8. The Kier molecular flexibility index (Phi) is 3.32. The molecule has 0 saturated heterocycles. The molecule has 1 aliphatic heterocycles. The molecule has 1 aromatic carbocycles. The van der Waals surface area contributed by atoms with E-state index >= 15 is 0 Å². The summed E-state index contributed by atoms with van der Waals surface area (Å²) in [6.45, 7) is 2.77. The van der Waals surface area contributed by atoms with Crippen LogP contribution in [0.15, 0.2) is 54.4 Å². The predicted molar refractivity (Wildman–Crippen MR) is 104 cm³/mol. The molecule has 4 nitrogen and oxygen atoms in total. The molecule has 0 radical (unpaired) electrons. The molecule has 3 heterocycles. The van der Waals surface area contributed by atoms with E-state index in [0.29, 0.717) is 6.54 Å². The van der Waals surface area contributed by atoms with Crippen LogP contribution in [0.25, 0.3) is 27.7 Å². The lowest BCUT2D eigenvalue weighted by atomic mass is 9.93. The van der Waals surface area contributed by atoms with Crippen molar-refractivity contribution < 1.29 is 4.79 Å². The Morgan fingerprint density at radius 1 is 1.04 bits per heavy atom. The minimum absolute atomic E-state index is 0.0147. The summed E-state index contributed by atoms with van der Waals surface area (Å²) in [4.78, 5) is 19.7. The number of hydrogen-bond acceptors (Lipinski definition) is 2. The number of hydrogen-bond donors (Lipinski definition) is 2. The molecule has 0 bridgehead atoms. The number of benzene rings is 1. The monoisotopic (exact) mass is 341 g/mol. The number of aromatic amines is 1. The van der Waals surface area contributed by atoms with E-state index in [1.807, 2.05) is 24.5 Å². The van der Waals surface area contributed by atoms with E-state index in [4.69, 9.17) is 0 Å². The van der Waals surface area contributed by atoms with E-state index < -0.39 is 0 Å². The number of pyridine rings is 1. The van der Waals surface area contributed by atoms with Crippen LogP contribution in [0.4, 0.5) is 0 Å². The molecule has 1 amide bonds. The summed E-state index contributed by atoms with van der Waals surface area (Å²) in [7, 11) is 0. The molecule has 5 rings (SSSR count). The van der Waals surface area contributed by atoms with Crippen molar-refractivity contribution in [1.82, 2.24) is 15.3 Å². The summed E-state index contributed by atoms with van der Waals surface area (Å²) >= 11 is 0. The van der Waals surface area contributed by atoms with Gasteiger partial charge in [-0.2, -0.15) is 0 Å². The van der Waals surface area contributed by atoms with Gasteiger partial charge in [0.25, 0.3) is 5.91 Å². The fraction of sp³-hybridized carbons (Fsp3) is 0.182. The highest BCUT2D eigenvalue weighted by Gasteiger charge is 2.20. The van der Waals surface area contributed by atoms with Crippen LogP contribution in [0.3, 0.4) is 0 Å².